The Kier molecular flexibility index (Phi) is 20.4. The van der Waals surface area contributed by atoms with E-state index in [1.807, 2.05) is 0 Å². The molecule has 1 rings (SSSR count). The Morgan fingerprint density at radius 2 is 0.871 bits per heavy atom. The molecule has 0 aliphatic carbocycles. The van der Waals surface area contributed by atoms with Crippen molar-refractivity contribution in [1.82, 2.24) is 4.57 Å². The fraction of sp³-hybridized carbons (Fsp3) is 0.897. The van der Waals surface area contributed by atoms with E-state index in [0.717, 1.165) is 0 Å². The molecule has 0 spiro atoms. The van der Waals surface area contributed by atoms with E-state index in [2.05, 4.69) is 41.7 Å². The molecule has 0 amide bonds. The number of rotatable bonds is 24. The lowest BCUT2D eigenvalue weighted by Crippen LogP contribution is -2.30. The van der Waals surface area contributed by atoms with Gasteiger partial charge in [-0.25, -0.2) is 9.13 Å². The molecule has 2 heteroatoms. The van der Waals surface area contributed by atoms with E-state index in [-0.39, 0.29) is 0 Å². The maximum Gasteiger partial charge on any atom is 0.243 e. The molecule has 0 aliphatic rings. The van der Waals surface area contributed by atoms with E-state index in [0.29, 0.717) is 0 Å². The molecule has 0 radical (unpaired) electrons. The minimum Gasteiger partial charge on any atom is -0.237 e. The lowest BCUT2D eigenvalue weighted by atomic mass is 10.0. The second-order valence-corrected chi connectivity index (χ2v) is 9.96. The van der Waals surface area contributed by atoms with Crippen molar-refractivity contribution in [2.24, 2.45) is 0 Å². The molecule has 0 atom stereocenters. The van der Waals surface area contributed by atoms with Crippen molar-refractivity contribution in [3.8, 4) is 0 Å². The standard InChI is InChI=1S/C29H57N2/c1-3-5-7-9-11-12-13-14-15-16-17-18-20-22-24-26-31-28-27-30(29-31)25-23-21-19-10-8-6-4-2/h27-29H,3-26H2,1-2H3/q+1. The third-order valence-electron chi connectivity index (χ3n) is 6.79. The fourth-order valence-corrected chi connectivity index (χ4v) is 4.62. The molecule has 0 fully saturated rings. The van der Waals surface area contributed by atoms with Gasteiger partial charge in [-0.2, -0.15) is 0 Å². The van der Waals surface area contributed by atoms with Gasteiger partial charge in [0.25, 0.3) is 0 Å². The summed E-state index contributed by atoms with van der Waals surface area (Å²) < 4.78 is 4.78. The van der Waals surface area contributed by atoms with Crippen LogP contribution < -0.4 is 4.57 Å². The summed E-state index contributed by atoms with van der Waals surface area (Å²) in [7, 11) is 0. The largest absolute Gasteiger partial charge is 0.243 e. The topological polar surface area (TPSA) is 8.81 Å². The highest BCUT2D eigenvalue weighted by Crippen LogP contribution is 2.13. The zero-order valence-electron chi connectivity index (χ0n) is 21.6. The quantitative estimate of drug-likeness (QED) is 0.113. The number of hydrogen-bond acceptors (Lipinski definition) is 0. The minimum absolute atomic E-state index is 1.19. The van der Waals surface area contributed by atoms with Gasteiger partial charge >= 0.3 is 0 Å². The molecule has 1 aromatic heterocycles. The molecule has 1 aromatic rings. The van der Waals surface area contributed by atoms with Crippen molar-refractivity contribution in [2.75, 3.05) is 0 Å². The molecule has 0 saturated heterocycles. The molecule has 0 aromatic carbocycles. The summed E-state index contributed by atoms with van der Waals surface area (Å²) in [4.78, 5) is 0. The summed E-state index contributed by atoms with van der Waals surface area (Å²) in [6.07, 6.45) is 38.2. The van der Waals surface area contributed by atoms with Gasteiger partial charge in [0.15, 0.2) is 0 Å². The zero-order chi connectivity index (χ0) is 22.2. The van der Waals surface area contributed by atoms with Crippen LogP contribution in [0.15, 0.2) is 18.7 Å². The van der Waals surface area contributed by atoms with E-state index >= 15 is 0 Å². The number of imidazole rings is 1. The molecule has 2 nitrogen and oxygen atoms in total. The predicted octanol–water partition coefficient (Wildman–Crippen LogP) is 9.40. The van der Waals surface area contributed by atoms with Gasteiger partial charge in [0, 0.05) is 0 Å². The normalized spacial score (nSPS) is 11.4. The summed E-state index contributed by atoms with van der Waals surface area (Å²) in [5.74, 6) is 0. The van der Waals surface area contributed by atoms with Crippen molar-refractivity contribution in [2.45, 2.75) is 168 Å². The van der Waals surface area contributed by atoms with Crippen molar-refractivity contribution in [3.63, 3.8) is 0 Å². The summed E-state index contributed by atoms with van der Waals surface area (Å²) in [6, 6.07) is 0. The van der Waals surface area contributed by atoms with Gasteiger partial charge in [-0.05, 0) is 25.7 Å². The average molecular weight is 434 g/mol. The molecule has 0 unspecified atom stereocenters. The molecule has 0 N–H and O–H groups in total. The summed E-state index contributed by atoms with van der Waals surface area (Å²) in [6.45, 7) is 6.98. The first kappa shape index (κ1) is 28.2. The van der Waals surface area contributed by atoms with Gasteiger partial charge in [-0.15, -0.1) is 0 Å². The van der Waals surface area contributed by atoms with Gasteiger partial charge in [0.05, 0.1) is 13.1 Å². The van der Waals surface area contributed by atoms with Crippen LogP contribution in [-0.2, 0) is 13.1 Å². The molecule has 31 heavy (non-hydrogen) atoms. The van der Waals surface area contributed by atoms with E-state index in [9.17, 15) is 0 Å². The third-order valence-corrected chi connectivity index (χ3v) is 6.79. The Bertz CT molecular complexity index is 465. The maximum absolute atomic E-state index is 2.39. The molecule has 182 valence electrons. The van der Waals surface area contributed by atoms with Crippen LogP contribution in [0.3, 0.4) is 0 Å². The van der Waals surface area contributed by atoms with Crippen LogP contribution in [0, 0.1) is 0 Å². The van der Waals surface area contributed by atoms with E-state index in [1.165, 1.54) is 154 Å². The van der Waals surface area contributed by atoms with Crippen LogP contribution in [0.4, 0.5) is 0 Å². The molecular formula is C29H57N2+. The Hall–Kier alpha value is -0.790. The summed E-state index contributed by atoms with van der Waals surface area (Å²) in [5.41, 5.74) is 0. The van der Waals surface area contributed by atoms with Crippen molar-refractivity contribution < 1.29 is 4.57 Å². The monoisotopic (exact) mass is 433 g/mol. The van der Waals surface area contributed by atoms with Gasteiger partial charge < -0.3 is 0 Å². The summed E-state index contributed by atoms with van der Waals surface area (Å²) >= 11 is 0. The number of unbranched alkanes of at least 4 members (excludes halogenated alkanes) is 20. The first-order valence-corrected chi connectivity index (χ1v) is 14.4. The molecule has 0 saturated carbocycles. The minimum atomic E-state index is 1.19. The van der Waals surface area contributed by atoms with Crippen LogP contribution in [0.1, 0.15) is 155 Å². The maximum atomic E-state index is 2.39. The Morgan fingerprint density at radius 1 is 0.484 bits per heavy atom. The highest BCUT2D eigenvalue weighted by atomic mass is 15.1. The second-order valence-electron chi connectivity index (χ2n) is 9.96. The van der Waals surface area contributed by atoms with Gasteiger partial charge in [-0.1, -0.05) is 129 Å². The highest BCUT2D eigenvalue weighted by molar-refractivity contribution is 4.66. The van der Waals surface area contributed by atoms with Gasteiger partial charge in [0.2, 0.25) is 6.33 Å². The Morgan fingerprint density at radius 3 is 1.32 bits per heavy atom. The average Bonchev–Trinajstić information content (AvgIpc) is 3.23. The third kappa shape index (κ3) is 18.5. The fourth-order valence-electron chi connectivity index (χ4n) is 4.62. The van der Waals surface area contributed by atoms with Crippen LogP contribution in [0.2, 0.25) is 0 Å². The highest BCUT2D eigenvalue weighted by Gasteiger charge is 2.03. The Balaban J connectivity index is 1.82. The summed E-state index contributed by atoms with van der Waals surface area (Å²) in [5, 5.41) is 0. The van der Waals surface area contributed by atoms with Crippen molar-refractivity contribution in [3.05, 3.63) is 18.7 Å². The van der Waals surface area contributed by atoms with E-state index in [1.54, 1.807) is 0 Å². The van der Waals surface area contributed by atoms with E-state index < -0.39 is 0 Å². The molecule has 0 aliphatic heterocycles. The molecule has 0 bridgehead atoms. The first-order chi connectivity index (χ1) is 15.4. The SMILES string of the molecule is CCCCCCCCCCCCCCCCCn1cc[n+](CCCCCCCCC)c1. The smallest absolute Gasteiger partial charge is 0.237 e. The lowest BCUT2D eigenvalue weighted by Gasteiger charge is -2.03. The molecule has 1 heterocycles. The van der Waals surface area contributed by atoms with Gasteiger partial charge in [-0.3, -0.25) is 0 Å². The number of aryl methyl sites for hydroxylation is 2. The second kappa shape index (κ2) is 22.4. The van der Waals surface area contributed by atoms with Crippen LogP contribution in [-0.4, -0.2) is 4.57 Å². The number of aromatic nitrogens is 2. The van der Waals surface area contributed by atoms with Crippen LogP contribution >= 0.6 is 0 Å². The van der Waals surface area contributed by atoms with Crippen molar-refractivity contribution in [1.29, 1.82) is 0 Å². The molecular weight excluding hydrogens is 376 g/mol. The van der Waals surface area contributed by atoms with E-state index in [4.69, 9.17) is 0 Å². The Labute approximate surface area is 196 Å². The van der Waals surface area contributed by atoms with Crippen LogP contribution in [0.5, 0.6) is 0 Å². The number of nitrogens with zero attached hydrogens (tertiary/aromatic N) is 2. The lowest BCUT2D eigenvalue weighted by molar-refractivity contribution is -0.696. The zero-order valence-corrected chi connectivity index (χ0v) is 21.6. The van der Waals surface area contributed by atoms with Crippen LogP contribution in [0.25, 0.3) is 0 Å². The first-order valence-electron chi connectivity index (χ1n) is 14.4. The predicted molar refractivity (Wildman–Crippen MR) is 138 cm³/mol. The van der Waals surface area contributed by atoms with Crippen molar-refractivity contribution >= 4 is 0 Å². The van der Waals surface area contributed by atoms with Gasteiger partial charge in [0.1, 0.15) is 12.4 Å². The number of hydrogen-bond donors (Lipinski definition) is 0.